The number of carboxylic acids is 1. The Hall–Kier alpha value is -4.21. The van der Waals surface area contributed by atoms with E-state index >= 15 is 0 Å². The molecule has 1 atom stereocenters. The minimum absolute atomic E-state index is 0.00612. The zero-order valence-electron chi connectivity index (χ0n) is 26.5. The molecule has 3 aliphatic rings. The molecule has 1 unspecified atom stereocenters. The summed E-state index contributed by atoms with van der Waals surface area (Å²) in [4.78, 5) is 46.3. The van der Waals surface area contributed by atoms with Gasteiger partial charge in [-0.05, 0) is 55.5 Å². The monoisotopic (exact) mass is 623 g/mol. The SMILES string of the molecule is O=C(O)CN1CCN(C(=O)NC2(c3ccccc3)CCN(CCC3(c4ccccc4)CCN(C(=O)c4ccccc4)C3)CC2)CC1. The number of carboxylic acid groups (broad SMARTS) is 1. The third-order valence-electron chi connectivity index (χ3n) is 10.4. The van der Waals surface area contributed by atoms with Gasteiger partial charge in [-0.1, -0.05) is 78.9 Å². The van der Waals surface area contributed by atoms with E-state index in [-0.39, 0.29) is 23.9 Å². The molecule has 3 aliphatic heterocycles. The average molecular weight is 624 g/mol. The molecule has 0 radical (unpaired) electrons. The predicted octanol–water partition coefficient (Wildman–Crippen LogP) is 4.26. The van der Waals surface area contributed by atoms with Crippen molar-refractivity contribution in [3.8, 4) is 0 Å². The van der Waals surface area contributed by atoms with Crippen LogP contribution in [0.15, 0.2) is 91.0 Å². The van der Waals surface area contributed by atoms with Gasteiger partial charge in [0.15, 0.2) is 0 Å². The first-order chi connectivity index (χ1) is 22.4. The number of likely N-dealkylation sites (tertiary alicyclic amines) is 2. The summed E-state index contributed by atoms with van der Waals surface area (Å²) in [6.45, 7) is 6.26. The molecule has 3 saturated heterocycles. The van der Waals surface area contributed by atoms with Crippen LogP contribution in [0.4, 0.5) is 4.79 Å². The van der Waals surface area contributed by atoms with Crippen molar-refractivity contribution in [3.63, 3.8) is 0 Å². The highest BCUT2D eigenvalue weighted by atomic mass is 16.4. The molecule has 0 spiro atoms. The van der Waals surface area contributed by atoms with Crippen LogP contribution in [-0.2, 0) is 15.7 Å². The standard InChI is InChI=1S/C37H45N5O4/c43-33(44)28-40-24-26-41(27-25-40)35(46)38-37(32-14-8-3-9-15-32)18-21-39(22-19-37)20-16-36(31-12-6-2-7-13-31)17-23-42(29-36)34(45)30-10-4-1-5-11-30/h1-15H,16-29H2,(H,38,46)(H,43,44). The Morgan fingerprint density at radius 1 is 0.652 bits per heavy atom. The van der Waals surface area contributed by atoms with E-state index in [2.05, 4.69) is 52.7 Å². The Kier molecular flexibility index (Phi) is 9.70. The van der Waals surface area contributed by atoms with Gasteiger partial charge in [0.25, 0.3) is 5.91 Å². The Bertz CT molecular complexity index is 1470. The van der Waals surface area contributed by atoms with Crippen LogP contribution in [0.5, 0.6) is 0 Å². The number of carbonyl (C=O) groups excluding carboxylic acids is 2. The van der Waals surface area contributed by atoms with Crippen LogP contribution >= 0.6 is 0 Å². The number of hydrogen-bond acceptors (Lipinski definition) is 5. The van der Waals surface area contributed by atoms with Crippen molar-refractivity contribution < 1.29 is 19.5 Å². The molecule has 0 saturated carbocycles. The van der Waals surface area contributed by atoms with Crippen molar-refractivity contribution in [2.24, 2.45) is 0 Å². The molecule has 0 aromatic heterocycles. The number of nitrogens with one attached hydrogen (secondary N) is 1. The molecule has 242 valence electrons. The molecule has 0 aliphatic carbocycles. The van der Waals surface area contributed by atoms with Crippen LogP contribution in [0.2, 0.25) is 0 Å². The van der Waals surface area contributed by atoms with E-state index in [0.717, 1.165) is 63.0 Å². The van der Waals surface area contributed by atoms with Crippen LogP contribution in [-0.4, -0.2) is 108 Å². The van der Waals surface area contributed by atoms with Crippen molar-refractivity contribution in [1.29, 1.82) is 0 Å². The van der Waals surface area contributed by atoms with E-state index in [1.165, 1.54) is 5.56 Å². The first-order valence-corrected chi connectivity index (χ1v) is 16.5. The summed E-state index contributed by atoms with van der Waals surface area (Å²) in [6.07, 6.45) is 3.51. The van der Waals surface area contributed by atoms with Crippen LogP contribution in [0, 0.1) is 0 Å². The third kappa shape index (κ3) is 7.11. The topological polar surface area (TPSA) is 96.4 Å². The summed E-state index contributed by atoms with van der Waals surface area (Å²) in [6, 6.07) is 30.5. The Morgan fingerprint density at radius 2 is 1.24 bits per heavy atom. The molecule has 2 N–H and O–H groups in total. The molecule has 3 aromatic rings. The lowest BCUT2D eigenvalue weighted by Gasteiger charge is -2.45. The molecular formula is C37H45N5O4. The van der Waals surface area contributed by atoms with Gasteiger partial charge in [-0.2, -0.15) is 0 Å². The molecule has 3 amide bonds. The minimum atomic E-state index is -0.840. The normalized spacial score (nSPS) is 22.0. The number of carbonyl (C=O) groups is 3. The molecule has 46 heavy (non-hydrogen) atoms. The summed E-state index contributed by atoms with van der Waals surface area (Å²) in [5.41, 5.74) is 2.60. The van der Waals surface area contributed by atoms with Gasteiger partial charge in [-0.15, -0.1) is 0 Å². The smallest absolute Gasteiger partial charge is 0.318 e. The molecule has 0 bridgehead atoms. The number of rotatable bonds is 9. The van der Waals surface area contributed by atoms with E-state index in [1.807, 2.05) is 63.2 Å². The second kappa shape index (κ2) is 14.1. The predicted molar refractivity (Wildman–Crippen MR) is 178 cm³/mol. The molecule has 3 fully saturated rings. The number of urea groups is 1. The number of benzene rings is 3. The molecule has 6 rings (SSSR count). The van der Waals surface area contributed by atoms with E-state index in [9.17, 15) is 14.4 Å². The second-order valence-corrected chi connectivity index (χ2v) is 13.1. The van der Waals surface area contributed by atoms with Gasteiger partial charge < -0.3 is 25.1 Å². The highest BCUT2D eigenvalue weighted by Crippen LogP contribution is 2.40. The fourth-order valence-electron chi connectivity index (χ4n) is 7.54. The zero-order valence-corrected chi connectivity index (χ0v) is 26.5. The van der Waals surface area contributed by atoms with Gasteiger partial charge in [0.2, 0.25) is 0 Å². The summed E-state index contributed by atoms with van der Waals surface area (Å²) in [5.74, 6) is -0.739. The Labute approximate surface area is 271 Å². The first-order valence-electron chi connectivity index (χ1n) is 16.5. The second-order valence-electron chi connectivity index (χ2n) is 13.1. The Morgan fingerprint density at radius 3 is 1.85 bits per heavy atom. The van der Waals surface area contributed by atoms with E-state index < -0.39 is 11.5 Å². The Balaban J connectivity index is 1.11. The fourth-order valence-corrected chi connectivity index (χ4v) is 7.54. The largest absolute Gasteiger partial charge is 0.480 e. The van der Waals surface area contributed by atoms with Crippen molar-refractivity contribution >= 4 is 17.9 Å². The first kappa shape index (κ1) is 31.8. The van der Waals surface area contributed by atoms with Gasteiger partial charge in [0.1, 0.15) is 0 Å². The van der Waals surface area contributed by atoms with E-state index in [1.54, 1.807) is 0 Å². The summed E-state index contributed by atoms with van der Waals surface area (Å²) in [5, 5.41) is 12.6. The molecule has 9 nitrogen and oxygen atoms in total. The highest BCUT2D eigenvalue weighted by Gasteiger charge is 2.43. The maximum absolute atomic E-state index is 13.6. The van der Waals surface area contributed by atoms with Crippen molar-refractivity contribution in [3.05, 3.63) is 108 Å². The molecular weight excluding hydrogens is 578 g/mol. The molecule has 3 aromatic carbocycles. The number of nitrogens with zero attached hydrogens (tertiary/aromatic N) is 4. The van der Waals surface area contributed by atoms with Gasteiger partial charge in [0, 0.05) is 63.3 Å². The summed E-state index contributed by atoms with van der Waals surface area (Å²) < 4.78 is 0. The number of amides is 3. The van der Waals surface area contributed by atoms with Crippen LogP contribution in [0.25, 0.3) is 0 Å². The molecule has 9 heteroatoms. The van der Waals surface area contributed by atoms with Gasteiger partial charge in [-0.25, -0.2) is 4.79 Å². The zero-order chi connectivity index (χ0) is 32.0. The number of aliphatic carboxylic acids is 1. The van der Waals surface area contributed by atoms with Crippen molar-refractivity contribution in [1.82, 2.24) is 24.9 Å². The van der Waals surface area contributed by atoms with E-state index in [4.69, 9.17) is 5.11 Å². The van der Waals surface area contributed by atoms with Crippen LogP contribution < -0.4 is 5.32 Å². The number of hydrogen-bond donors (Lipinski definition) is 2. The van der Waals surface area contributed by atoms with Crippen LogP contribution in [0.3, 0.4) is 0 Å². The van der Waals surface area contributed by atoms with Gasteiger partial charge in [0.05, 0.1) is 12.1 Å². The quantitative estimate of drug-likeness (QED) is 0.370. The number of piperidine rings is 1. The highest BCUT2D eigenvalue weighted by molar-refractivity contribution is 5.94. The van der Waals surface area contributed by atoms with Gasteiger partial charge in [-0.3, -0.25) is 14.5 Å². The lowest BCUT2D eigenvalue weighted by atomic mass is 9.76. The average Bonchev–Trinajstić information content (AvgIpc) is 3.54. The van der Waals surface area contributed by atoms with Gasteiger partial charge >= 0.3 is 12.0 Å². The summed E-state index contributed by atoms with van der Waals surface area (Å²) in [7, 11) is 0. The van der Waals surface area contributed by atoms with Crippen molar-refractivity contribution in [2.45, 2.75) is 36.6 Å². The van der Waals surface area contributed by atoms with E-state index in [0.29, 0.717) is 32.7 Å². The third-order valence-corrected chi connectivity index (χ3v) is 10.4. The van der Waals surface area contributed by atoms with Crippen LogP contribution in [0.1, 0.15) is 47.2 Å². The summed E-state index contributed by atoms with van der Waals surface area (Å²) >= 11 is 0. The lowest BCUT2D eigenvalue weighted by Crippen LogP contribution is -2.59. The minimum Gasteiger partial charge on any atom is -0.480 e. The fraction of sp³-hybridized carbons (Fsp3) is 0.432. The maximum atomic E-state index is 13.6. The number of piperazine rings is 1. The lowest BCUT2D eigenvalue weighted by molar-refractivity contribution is -0.138. The molecule has 3 heterocycles. The maximum Gasteiger partial charge on any atom is 0.318 e. The van der Waals surface area contributed by atoms with Crippen molar-refractivity contribution in [2.75, 3.05) is 65.4 Å².